The molecule has 3 aromatic rings. The normalized spacial score (nSPS) is 13.4. The predicted molar refractivity (Wildman–Crippen MR) is 105 cm³/mol. The van der Waals surface area contributed by atoms with Gasteiger partial charge in [-0.05, 0) is 53.9 Å². The van der Waals surface area contributed by atoms with Gasteiger partial charge in [0.25, 0.3) is 5.91 Å². The number of carbonyl (C=O) groups excluding carboxylic acids is 1. The Kier molecular flexibility index (Phi) is 4.74. The van der Waals surface area contributed by atoms with E-state index in [0.717, 1.165) is 22.3 Å². The van der Waals surface area contributed by atoms with Crippen LogP contribution in [0, 0.1) is 12.7 Å². The van der Waals surface area contributed by atoms with Crippen molar-refractivity contribution in [2.45, 2.75) is 13.5 Å². The van der Waals surface area contributed by atoms with Crippen LogP contribution in [0.3, 0.4) is 0 Å². The second-order valence-electron chi connectivity index (χ2n) is 6.88. The molecule has 1 N–H and O–H groups in total. The molecule has 1 heterocycles. The molecular weight excluding hydrogens is 357 g/mol. The van der Waals surface area contributed by atoms with Gasteiger partial charge >= 0.3 is 0 Å². The molecule has 1 aliphatic rings. The average Bonchev–Trinajstić information content (AvgIpc) is 2.90. The summed E-state index contributed by atoms with van der Waals surface area (Å²) in [6.07, 6.45) is 0. The molecule has 5 heteroatoms. The van der Waals surface area contributed by atoms with Gasteiger partial charge in [0.15, 0.2) is 11.5 Å². The summed E-state index contributed by atoms with van der Waals surface area (Å²) in [5.41, 5.74) is 3.97. The van der Waals surface area contributed by atoms with Crippen LogP contribution < -0.4 is 4.74 Å². The highest BCUT2D eigenvalue weighted by Gasteiger charge is 2.24. The Balaban J connectivity index is 1.71. The fourth-order valence-electron chi connectivity index (χ4n) is 3.53. The molecule has 3 aromatic carbocycles. The largest absolute Gasteiger partial charge is 0.504 e. The second-order valence-corrected chi connectivity index (χ2v) is 6.88. The Hall–Kier alpha value is -3.34. The van der Waals surface area contributed by atoms with Crippen molar-refractivity contribution in [2.75, 3.05) is 13.2 Å². The Morgan fingerprint density at radius 2 is 1.93 bits per heavy atom. The maximum absolute atomic E-state index is 13.5. The number of carbonyl (C=O) groups is 1. The number of hydrogen-bond acceptors (Lipinski definition) is 3. The first-order valence-corrected chi connectivity index (χ1v) is 9.12. The van der Waals surface area contributed by atoms with Crippen LogP contribution in [-0.4, -0.2) is 29.1 Å². The molecule has 0 fully saturated rings. The molecule has 0 aromatic heterocycles. The van der Waals surface area contributed by atoms with Crippen molar-refractivity contribution in [3.05, 3.63) is 83.2 Å². The van der Waals surface area contributed by atoms with Gasteiger partial charge in [-0.15, -0.1) is 0 Å². The van der Waals surface area contributed by atoms with Crippen molar-refractivity contribution in [1.82, 2.24) is 4.90 Å². The quantitative estimate of drug-likeness (QED) is 0.713. The molecule has 142 valence electrons. The minimum absolute atomic E-state index is 0.0517. The number of hydrogen-bond donors (Lipinski definition) is 1. The van der Waals surface area contributed by atoms with Crippen molar-refractivity contribution in [2.24, 2.45) is 0 Å². The van der Waals surface area contributed by atoms with Crippen LogP contribution in [0.5, 0.6) is 11.5 Å². The fourth-order valence-corrected chi connectivity index (χ4v) is 3.53. The Bertz CT molecular complexity index is 1050. The summed E-state index contributed by atoms with van der Waals surface area (Å²) < 4.78 is 19.2. The summed E-state index contributed by atoms with van der Waals surface area (Å²) in [4.78, 5) is 14.5. The predicted octanol–water partition coefficient (Wildman–Crippen LogP) is 4.54. The van der Waals surface area contributed by atoms with Crippen molar-refractivity contribution in [1.29, 1.82) is 0 Å². The van der Waals surface area contributed by atoms with E-state index >= 15 is 0 Å². The highest BCUT2D eigenvalue weighted by atomic mass is 19.1. The van der Waals surface area contributed by atoms with Gasteiger partial charge in [0.05, 0.1) is 6.54 Å². The van der Waals surface area contributed by atoms with Crippen LogP contribution in [0.4, 0.5) is 4.39 Å². The number of phenolic OH excluding ortho intramolecular Hbond substituents is 1. The summed E-state index contributed by atoms with van der Waals surface area (Å²) in [6, 6.07) is 17.2. The van der Waals surface area contributed by atoms with Crippen LogP contribution in [0.15, 0.2) is 60.7 Å². The average molecular weight is 377 g/mol. The number of ether oxygens (including phenoxy) is 1. The molecule has 1 aliphatic heterocycles. The monoisotopic (exact) mass is 377 g/mol. The zero-order valence-electron chi connectivity index (χ0n) is 15.5. The van der Waals surface area contributed by atoms with Crippen LogP contribution in [0.25, 0.3) is 11.1 Å². The van der Waals surface area contributed by atoms with Gasteiger partial charge in [-0.1, -0.05) is 30.3 Å². The third kappa shape index (κ3) is 3.43. The third-order valence-electron chi connectivity index (χ3n) is 4.93. The van der Waals surface area contributed by atoms with E-state index in [4.69, 9.17) is 4.74 Å². The number of fused-ring (bicyclic) bond motifs is 1. The zero-order valence-corrected chi connectivity index (χ0v) is 15.5. The standard InChI is InChI=1S/C23H20FNO3/c1-15-5-2-3-8-20(15)17-11-18-14-25(9-10-28-22(18)21(26)13-17)23(27)16-6-4-7-19(24)12-16/h2-8,11-13,26H,9-10,14H2,1H3. The van der Waals surface area contributed by atoms with Crippen molar-refractivity contribution < 1.29 is 19.0 Å². The molecule has 28 heavy (non-hydrogen) atoms. The molecule has 0 saturated carbocycles. The smallest absolute Gasteiger partial charge is 0.254 e. The fraction of sp³-hybridized carbons (Fsp3) is 0.174. The lowest BCUT2D eigenvalue weighted by Gasteiger charge is -2.20. The minimum atomic E-state index is -0.447. The number of nitrogens with zero attached hydrogens (tertiary/aromatic N) is 1. The summed E-state index contributed by atoms with van der Waals surface area (Å²) >= 11 is 0. The molecule has 0 aliphatic carbocycles. The molecule has 0 saturated heterocycles. The summed E-state index contributed by atoms with van der Waals surface area (Å²) in [5.74, 6) is -0.267. The molecule has 4 nitrogen and oxygen atoms in total. The first kappa shape index (κ1) is 18.0. The number of halogens is 1. The number of phenols is 1. The Morgan fingerprint density at radius 3 is 2.71 bits per heavy atom. The van der Waals surface area contributed by atoms with E-state index in [-0.39, 0.29) is 24.8 Å². The molecule has 1 amide bonds. The summed E-state index contributed by atoms with van der Waals surface area (Å²) in [6.45, 7) is 2.89. The van der Waals surface area contributed by atoms with Crippen LogP contribution in [0.1, 0.15) is 21.5 Å². The molecule has 0 atom stereocenters. The Morgan fingerprint density at radius 1 is 1.11 bits per heavy atom. The molecule has 0 unspecified atom stereocenters. The number of aryl methyl sites for hydroxylation is 1. The van der Waals surface area contributed by atoms with E-state index in [2.05, 4.69) is 0 Å². The van der Waals surface area contributed by atoms with Gasteiger partial charge in [-0.2, -0.15) is 0 Å². The van der Waals surface area contributed by atoms with E-state index in [0.29, 0.717) is 17.9 Å². The van der Waals surface area contributed by atoms with E-state index < -0.39 is 5.82 Å². The summed E-state index contributed by atoms with van der Waals surface area (Å²) in [5, 5.41) is 10.5. The Labute approximate surface area is 162 Å². The topological polar surface area (TPSA) is 49.8 Å². The van der Waals surface area contributed by atoms with Gasteiger partial charge in [-0.25, -0.2) is 4.39 Å². The van der Waals surface area contributed by atoms with Crippen LogP contribution in [-0.2, 0) is 6.54 Å². The van der Waals surface area contributed by atoms with Crippen LogP contribution in [0.2, 0.25) is 0 Å². The lowest BCUT2D eigenvalue weighted by Crippen LogP contribution is -2.32. The first-order chi connectivity index (χ1) is 13.5. The SMILES string of the molecule is Cc1ccccc1-c1cc(O)c2c(c1)CN(C(=O)c1cccc(F)c1)CCO2. The molecule has 0 spiro atoms. The van der Waals surface area contributed by atoms with Crippen molar-refractivity contribution >= 4 is 5.91 Å². The number of aromatic hydroxyl groups is 1. The maximum atomic E-state index is 13.5. The second kappa shape index (κ2) is 7.35. The number of amides is 1. The maximum Gasteiger partial charge on any atom is 0.254 e. The van der Waals surface area contributed by atoms with E-state index in [1.165, 1.54) is 18.2 Å². The van der Waals surface area contributed by atoms with Gasteiger partial charge < -0.3 is 14.7 Å². The molecule has 0 bridgehead atoms. The number of rotatable bonds is 2. The lowest BCUT2D eigenvalue weighted by atomic mass is 9.97. The van der Waals surface area contributed by atoms with Crippen molar-refractivity contribution in [3.8, 4) is 22.6 Å². The van der Waals surface area contributed by atoms with Crippen LogP contribution >= 0.6 is 0 Å². The van der Waals surface area contributed by atoms with E-state index in [9.17, 15) is 14.3 Å². The van der Waals surface area contributed by atoms with E-state index in [1.54, 1.807) is 17.0 Å². The highest BCUT2D eigenvalue weighted by molar-refractivity contribution is 5.94. The molecule has 4 rings (SSSR count). The highest BCUT2D eigenvalue weighted by Crippen LogP contribution is 2.38. The number of benzene rings is 3. The molecular formula is C23H20FNO3. The third-order valence-corrected chi connectivity index (χ3v) is 4.93. The van der Waals surface area contributed by atoms with E-state index in [1.807, 2.05) is 37.3 Å². The molecule has 0 radical (unpaired) electrons. The van der Waals surface area contributed by atoms with Gasteiger partial charge in [0, 0.05) is 17.7 Å². The van der Waals surface area contributed by atoms with Gasteiger partial charge in [-0.3, -0.25) is 4.79 Å². The van der Waals surface area contributed by atoms with Gasteiger partial charge in [0.1, 0.15) is 12.4 Å². The van der Waals surface area contributed by atoms with Gasteiger partial charge in [0.2, 0.25) is 0 Å². The summed E-state index contributed by atoms with van der Waals surface area (Å²) in [7, 11) is 0. The minimum Gasteiger partial charge on any atom is -0.504 e. The first-order valence-electron chi connectivity index (χ1n) is 9.12. The van der Waals surface area contributed by atoms with Crippen molar-refractivity contribution in [3.63, 3.8) is 0 Å². The lowest BCUT2D eigenvalue weighted by molar-refractivity contribution is 0.0732. The zero-order chi connectivity index (χ0) is 19.7.